The lowest BCUT2D eigenvalue weighted by atomic mass is 9.99. The summed E-state index contributed by atoms with van der Waals surface area (Å²) in [5, 5.41) is 1.95. The number of carbonyl (C=O) groups is 2. The molecule has 0 saturated carbocycles. The zero-order chi connectivity index (χ0) is 25.4. The van der Waals surface area contributed by atoms with Gasteiger partial charge in [0, 0.05) is 24.0 Å². The van der Waals surface area contributed by atoms with Crippen LogP contribution < -0.4 is 4.74 Å². The Morgan fingerprint density at radius 2 is 1.77 bits per heavy atom. The van der Waals surface area contributed by atoms with Gasteiger partial charge in [0.1, 0.15) is 5.75 Å². The molecule has 1 aliphatic heterocycles. The number of halogens is 3. The van der Waals surface area contributed by atoms with Crippen molar-refractivity contribution < 1.29 is 32.2 Å². The number of hydrogen-bond acceptors (Lipinski definition) is 6. The molecule has 0 radical (unpaired) electrons. The number of ether oxygens (including phenoxy) is 2. The minimum atomic E-state index is -4.41. The Balaban J connectivity index is 1.45. The SMILES string of the molecule is COC(=O)C(C)(C)Oc1ccc2c(c1)CCN(C(=O)c1nc(-c3ccc(C(F)(F)F)cc3)cs1)C2. The normalized spacial score (nSPS) is 13.8. The minimum Gasteiger partial charge on any atom is -0.476 e. The van der Waals surface area contributed by atoms with Crippen LogP contribution in [0.4, 0.5) is 13.2 Å². The highest BCUT2D eigenvalue weighted by Gasteiger charge is 2.32. The first-order chi connectivity index (χ1) is 16.5. The van der Waals surface area contributed by atoms with E-state index < -0.39 is 23.3 Å². The van der Waals surface area contributed by atoms with E-state index in [1.165, 1.54) is 19.2 Å². The molecule has 184 valence electrons. The van der Waals surface area contributed by atoms with Gasteiger partial charge in [0.2, 0.25) is 0 Å². The first kappa shape index (κ1) is 24.7. The number of carbonyl (C=O) groups excluding carboxylic acids is 2. The maximum atomic E-state index is 13.1. The number of nitrogens with zero attached hydrogens (tertiary/aromatic N) is 2. The number of thiazole rings is 1. The zero-order valence-electron chi connectivity index (χ0n) is 19.3. The predicted octanol–water partition coefficient (Wildman–Crippen LogP) is 5.36. The lowest BCUT2D eigenvalue weighted by molar-refractivity contribution is -0.156. The van der Waals surface area contributed by atoms with Gasteiger partial charge in [-0.3, -0.25) is 4.79 Å². The van der Waals surface area contributed by atoms with E-state index in [9.17, 15) is 22.8 Å². The van der Waals surface area contributed by atoms with Crippen LogP contribution in [0.15, 0.2) is 47.8 Å². The van der Waals surface area contributed by atoms with Crippen molar-refractivity contribution in [3.05, 3.63) is 69.5 Å². The topological polar surface area (TPSA) is 68.7 Å². The number of hydrogen-bond donors (Lipinski definition) is 0. The van der Waals surface area contributed by atoms with E-state index in [1.807, 2.05) is 12.1 Å². The second-order valence-corrected chi connectivity index (χ2v) is 9.48. The van der Waals surface area contributed by atoms with E-state index >= 15 is 0 Å². The highest BCUT2D eigenvalue weighted by atomic mass is 32.1. The molecule has 2 heterocycles. The van der Waals surface area contributed by atoms with Crippen LogP contribution in [0.5, 0.6) is 5.75 Å². The van der Waals surface area contributed by atoms with Crippen LogP contribution >= 0.6 is 11.3 Å². The summed E-state index contributed by atoms with van der Waals surface area (Å²) in [5.41, 5.74) is 1.10. The van der Waals surface area contributed by atoms with Crippen molar-refractivity contribution in [2.75, 3.05) is 13.7 Å². The molecule has 0 atom stereocenters. The van der Waals surface area contributed by atoms with E-state index in [1.54, 1.807) is 30.2 Å². The first-order valence-electron chi connectivity index (χ1n) is 10.8. The average molecular weight is 505 g/mol. The lowest BCUT2D eigenvalue weighted by Gasteiger charge is -2.29. The van der Waals surface area contributed by atoms with Crippen LogP contribution in [0.3, 0.4) is 0 Å². The Morgan fingerprint density at radius 1 is 1.06 bits per heavy atom. The van der Waals surface area contributed by atoms with E-state index in [0.29, 0.717) is 36.5 Å². The van der Waals surface area contributed by atoms with Crippen LogP contribution in [0, 0.1) is 0 Å². The van der Waals surface area contributed by atoms with Gasteiger partial charge in [-0.1, -0.05) is 18.2 Å². The van der Waals surface area contributed by atoms with E-state index in [4.69, 9.17) is 9.47 Å². The maximum absolute atomic E-state index is 13.1. The molecule has 0 spiro atoms. The summed E-state index contributed by atoms with van der Waals surface area (Å²) < 4.78 is 49.0. The molecule has 0 bridgehead atoms. The number of alkyl halides is 3. The Morgan fingerprint density at radius 3 is 2.43 bits per heavy atom. The largest absolute Gasteiger partial charge is 0.476 e. The van der Waals surface area contributed by atoms with Gasteiger partial charge in [-0.05, 0) is 55.7 Å². The Bertz CT molecular complexity index is 1250. The molecule has 1 aliphatic rings. The van der Waals surface area contributed by atoms with Crippen LogP contribution in [0.2, 0.25) is 0 Å². The molecule has 35 heavy (non-hydrogen) atoms. The number of methoxy groups -OCH3 is 1. The Labute approximate surface area is 204 Å². The molecule has 1 amide bonds. The average Bonchev–Trinajstić information content (AvgIpc) is 3.32. The fourth-order valence-electron chi connectivity index (χ4n) is 3.82. The van der Waals surface area contributed by atoms with Gasteiger partial charge >= 0.3 is 12.1 Å². The highest BCUT2D eigenvalue weighted by molar-refractivity contribution is 7.12. The molecular weight excluding hydrogens is 481 g/mol. The second-order valence-electron chi connectivity index (χ2n) is 8.62. The van der Waals surface area contributed by atoms with Gasteiger partial charge in [-0.2, -0.15) is 13.2 Å². The monoisotopic (exact) mass is 504 g/mol. The van der Waals surface area contributed by atoms with Gasteiger partial charge in [-0.25, -0.2) is 9.78 Å². The summed E-state index contributed by atoms with van der Waals surface area (Å²) in [6.45, 7) is 4.13. The van der Waals surface area contributed by atoms with Crippen molar-refractivity contribution in [2.45, 2.75) is 38.6 Å². The summed E-state index contributed by atoms with van der Waals surface area (Å²) in [7, 11) is 1.31. The highest BCUT2D eigenvalue weighted by Crippen LogP contribution is 2.32. The zero-order valence-corrected chi connectivity index (χ0v) is 20.1. The number of aromatic nitrogens is 1. The number of esters is 1. The molecule has 3 aromatic rings. The van der Waals surface area contributed by atoms with E-state index in [2.05, 4.69) is 4.98 Å². The third kappa shape index (κ3) is 5.32. The van der Waals surface area contributed by atoms with Crippen LogP contribution in [-0.4, -0.2) is 41.0 Å². The second kappa shape index (κ2) is 9.33. The molecule has 6 nitrogen and oxygen atoms in total. The Kier molecular flexibility index (Phi) is 6.59. The summed E-state index contributed by atoms with van der Waals surface area (Å²) in [6.07, 6.45) is -3.80. The molecular formula is C25H23F3N2O4S. The van der Waals surface area contributed by atoms with Crippen molar-refractivity contribution in [2.24, 2.45) is 0 Å². The van der Waals surface area contributed by atoms with Gasteiger partial charge in [0.05, 0.1) is 18.4 Å². The molecule has 10 heteroatoms. The van der Waals surface area contributed by atoms with Crippen LogP contribution in [0.1, 0.15) is 40.3 Å². The summed E-state index contributed by atoms with van der Waals surface area (Å²) in [5.74, 6) is -0.169. The number of benzene rings is 2. The standard InChI is InChI=1S/C25H23F3N2O4S/c1-24(2,23(32)33-3)34-19-9-6-17-13-30(11-10-16(17)12-19)22(31)21-29-20(14-35-21)15-4-7-18(8-5-15)25(26,27)28/h4-9,12,14H,10-11,13H2,1-3H3. The molecule has 1 aromatic heterocycles. The van der Waals surface area contributed by atoms with Gasteiger partial charge in [0.15, 0.2) is 10.6 Å². The maximum Gasteiger partial charge on any atom is 0.416 e. The predicted molar refractivity (Wildman–Crippen MR) is 124 cm³/mol. The third-order valence-corrected chi connectivity index (χ3v) is 6.55. The fraction of sp³-hybridized carbons (Fsp3) is 0.320. The van der Waals surface area contributed by atoms with Crippen molar-refractivity contribution in [1.29, 1.82) is 0 Å². The number of fused-ring (bicyclic) bond motifs is 1. The number of rotatable bonds is 5. The van der Waals surface area contributed by atoms with Crippen LogP contribution in [0.25, 0.3) is 11.3 Å². The molecule has 0 N–H and O–H groups in total. The van der Waals surface area contributed by atoms with E-state index in [-0.39, 0.29) is 10.9 Å². The lowest BCUT2D eigenvalue weighted by Crippen LogP contribution is -2.39. The molecule has 4 rings (SSSR count). The van der Waals surface area contributed by atoms with Gasteiger partial charge in [0.25, 0.3) is 5.91 Å². The quantitative estimate of drug-likeness (QED) is 0.438. The van der Waals surface area contributed by atoms with Crippen molar-refractivity contribution in [3.8, 4) is 17.0 Å². The molecule has 0 saturated heterocycles. The molecule has 0 fully saturated rings. The summed E-state index contributed by atoms with van der Waals surface area (Å²) >= 11 is 1.16. The third-order valence-electron chi connectivity index (χ3n) is 5.72. The smallest absolute Gasteiger partial charge is 0.416 e. The Hall–Kier alpha value is -3.40. The first-order valence-corrected chi connectivity index (χ1v) is 11.7. The summed E-state index contributed by atoms with van der Waals surface area (Å²) in [4.78, 5) is 31.0. The molecule has 0 aliphatic carbocycles. The van der Waals surface area contributed by atoms with Crippen molar-refractivity contribution in [1.82, 2.24) is 9.88 Å². The van der Waals surface area contributed by atoms with E-state index in [0.717, 1.165) is 34.6 Å². The van der Waals surface area contributed by atoms with Gasteiger partial charge < -0.3 is 14.4 Å². The van der Waals surface area contributed by atoms with Crippen LogP contribution in [-0.2, 0) is 28.7 Å². The molecule has 0 unspecified atom stereocenters. The minimum absolute atomic E-state index is 0.231. The van der Waals surface area contributed by atoms with Crippen molar-refractivity contribution >= 4 is 23.2 Å². The fourth-order valence-corrected chi connectivity index (χ4v) is 4.61. The molecule has 2 aromatic carbocycles. The summed E-state index contributed by atoms with van der Waals surface area (Å²) in [6, 6.07) is 10.2. The number of amides is 1. The van der Waals surface area contributed by atoms with Gasteiger partial charge in [-0.15, -0.1) is 11.3 Å². The van der Waals surface area contributed by atoms with Crippen molar-refractivity contribution in [3.63, 3.8) is 0 Å².